The van der Waals surface area contributed by atoms with Gasteiger partial charge in [-0.05, 0) is 25.5 Å². The van der Waals surface area contributed by atoms with Gasteiger partial charge in [-0.3, -0.25) is 4.68 Å². The van der Waals surface area contributed by atoms with Crippen LogP contribution in [0.2, 0.25) is 0 Å². The Morgan fingerprint density at radius 3 is 2.58 bits per heavy atom. The Morgan fingerprint density at radius 2 is 1.95 bits per heavy atom. The molecule has 2 aromatic rings. The minimum atomic E-state index is -0.218. The predicted octanol–water partition coefficient (Wildman–Crippen LogP) is 2.68. The van der Waals surface area contributed by atoms with Crippen LogP contribution < -0.4 is 5.73 Å². The van der Waals surface area contributed by atoms with E-state index in [-0.39, 0.29) is 12.1 Å². The van der Waals surface area contributed by atoms with Gasteiger partial charge in [-0.1, -0.05) is 30.3 Å². The maximum Gasteiger partial charge on any atom is 0.103 e. The zero-order chi connectivity index (χ0) is 13.7. The maximum absolute atomic E-state index is 6.39. The van der Waals surface area contributed by atoms with Crippen molar-refractivity contribution in [3.8, 4) is 0 Å². The molecule has 0 bridgehead atoms. The molecule has 0 spiro atoms. The Morgan fingerprint density at radius 1 is 1.21 bits per heavy atom. The zero-order valence-electron chi connectivity index (χ0n) is 11.5. The number of aryl methyl sites for hydroxylation is 1. The van der Waals surface area contributed by atoms with Gasteiger partial charge in [0.1, 0.15) is 6.10 Å². The van der Waals surface area contributed by atoms with Crippen LogP contribution >= 0.6 is 0 Å². The van der Waals surface area contributed by atoms with Crippen molar-refractivity contribution in [3.63, 3.8) is 0 Å². The van der Waals surface area contributed by atoms with Crippen molar-refractivity contribution < 1.29 is 4.74 Å². The number of benzene rings is 1. The lowest BCUT2D eigenvalue weighted by Gasteiger charge is -2.24. The molecule has 4 nitrogen and oxygen atoms in total. The number of hydrogen-bond acceptors (Lipinski definition) is 3. The fourth-order valence-electron chi connectivity index (χ4n) is 2.27. The number of nitrogens with two attached hydrogens (primary N) is 1. The van der Waals surface area contributed by atoms with Crippen LogP contribution in [0.5, 0.6) is 0 Å². The second kappa shape index (κ2) is 6.50. The first-order valence-electron chi connectivity index (χ1n) is 6.71. The first kappa shape index (κ1) is 13.8. The van der Waals surface area contributed by atoms with Crippen molar-refractivity contribution in [2.45, 2.75) is 32.5 Å². The van der Waals surface area contributed by atoms with Gasteiger partial charge in [0.2, 0.25) is 0 Å². The molecule has 1 aromatic heterocycles. The average Bonchev–Trinajstić information content (AvgIpc) is 2.93. The molecule has 19 heavy (non-hydrogen) atoms. The molecule has 0 amide bonds. The predicted molar refractivity (Wildman–Crippen MR) is 75.6 cm³/mol. The zero-order valence-corrected chi connectivity index (χ0v) is 11.5. The third-order valence-corrected chi connectivity index (χ3v) is 3.19. The van der Waals surface area contributed by atoms with Crippen LogP contribution in [0, 0.1) is 0 Å². The molecule has 0 fully saturated rings. The summed E-state index contributed by atoms with van der Waals surface area (Å²) in [4.78, 5) is 0. The lowest BCUT2D eigenvalue weighted by atomic mass is 10.00. The summed E-state index contributed by atoms with van der Waals surface area (Å²) in [5.41, 5.74) is 8.49. The molecule has 2 unspecified atom stereocenters. The molecule has 1 aromatic carbocycles. The van der Waals surface area contributed by atoms with E-state index in [1.54, 1.807) is 6.20 Å². The van der Waals surface area contributed by atoms with Crippen LogP contribution in [-0.4, -0.2) is 16.4 Å². The summed E-state index contributed by atoms with van der Waals surface area (Å²) in [5, 5.41) is 4.27. The van der Waals surface area contributed by atoms with Gasteiger partial charge in [0.05, 0.1) is 11.7 Å². The van der Waals surface area contributed by atoms with E-state index >= 15 is 0 Å². The van der Waals surface area contributed by atoms with Gasteiger partial charge in [0.25, 0.3) is 0 Å². The maximum atomic E-state index is 6.39. The van der Waals surface area contributed by atoms with Gasteiger partial charge in [-0.2, -0.15) is 5.10 Å². The SMILES string of the molecule is CCOC(c1ccccc1)C(N)c1ccnn1CC. The number of hydrogen-bond donors (Lipinski definition) is 1. The Balaban J connectivity index is 2.29. The summed E-state index contributed by atoms with van der Waals surface area (Å²) in [6, 6.07) is 11.8. The lowest BCUT2D eigenvalue weighted by Crippen LogP contribution is -2.25. The second-order valence-electron chi connectivity index (χ2n) is 4.38. The van der Waals surface area contributed by atoms with E-state index in [1.807, 2.05) is 48.0 Å². The standard InChI is InChI=1S/C15H21N3O/c1-3-18-13(10-11-17-18)14(16)15(19-4-2)12-8-6-5-7-9-12/h5-11,14-15H,3-4,16H2,1-2H3. The van der Waals surface area contributed by atoms with E-state index < -0.39 is 0 Å². The van der Waals surface area contributed by atoms with Crippen LogP contribution in [0.4, 0.5) is 0 Å². The largest absolute Gasteiger partial charge is 0.372 e. The highest BCUT2D eigenvalue weighted by atomic mass is 16.5. The molecule has 0 saturated carbocycles. The molecular weight excluding hydrogens is 238 g/mol. The third-order valence-electron chi connectivity index (χ3n) is 3.19. The van der Waals surface area contributed by atoms with Gasteiger partial charge in [-0.15, -0.1) is 0 Å². The Labute approximate surface area is 114 Å². The molecule has 0 saturated heterocycles. The summed E-state index contributed by atoms with van der Waals surface area (Å²) in [5.74, 6) is 0. The number of nitrogens with zero attached hydrogens (tertiary/aromatic N) is 2. The quantitative estimate of drug-likeness (QED) is 0.867. The topological polar surface area (TPSA) is 53.1 Å². The van der Waals surface area contributed by atoms with E-state index in [2.05, 4.69) is 12.0 Å². The van der Waals surface area contributed by atoms with Gasteiger partial charge in [-0.25, -0.2) is 0 Å². The molecule has 2 atom stereocenters. The molecule has 1 heterocycles. The number of ether oxygens (including phenoxy) is 1. The summed E-state index contributed by atoms with van der Waals surface area (Å²) >= 11 is 0. The normalized spacial score (nSPS) is 14.3. The monoisotopic (exact) mass is 259 g/mol. The Bertz CT molecular complexity index is 495. The van der Waals surface area contributed by atoms with E-state index in [1.165, 1.54) is 0 Å². The van der Waals surface area contributed by atoms with E-state index in [4.69, 9.17) is 10.5 Å². The Hall–Kier alpha value is -1.65. The molecule has 0 aliphatic rings. The van der Waals surface area contributed by atoms with E-state index in [0.717, 1.165) is 17.8 Å². The number of aromatic nitrogens is 2. The Kier molecular flexibility index (Phi) is 4.71. The van der Waals surface area contributed by atoms with Crippen molar-refractivity contribution in [1.82, 2.24) is 9.78 Å². The van der Waals surface area contributed by atoms with Gasteiger partial charge >= 0.3 is 0 Å². The summed E-state index contributed by atoms with van der Waals surface area (Å²) in [6.45, 7) is 5.48. The average molecular weight is 259 g/mol. The molecule has 4 heteroatoms. The van der Waals surface area contributed by atoms with Gasteiger partial charge in [0.15, 0.2) is 0 Å². The highest BCUT2D eigenvalue weighted by Gasteiger charge is 2.24. The van der Waals surface area contributed by atoms with E-state index in [0.29, 0.717) is 6.61 Å². The molecule has 0 aliphatic carbocycles. The smallest absolute Gasteiger partial charge is 0.103 e. The van der Waals surface area contributed by atoms with Crippen LogP contribution in [0.25, 0.3) is 0 Å². The number of rotatable bonds is 6. The highest BCUT2D eigenvalue weighted by molar-refractivity contribution is 5.22. The van der Waals surface area contributed by atoms with Crippen molar-refractivity contribution in [3.05, 3.63) is 53.9 Å². The van der Waals surface area contributed by atoms with Crippen molar-refractivity contribution in [2.75, 3.05) is 6.61 Å². The van der Waals surface area contributed by atoms with E-state index in [9.17, 15) is 0 Å². The summed E-state index contributed by atoms with van der Waals surface area (Å²) in [6.07, 6.45) is 1.64. The molecule has 2 rings (SSSR count). The van der Waals surface area contributed by atoms with Crippen molar-refractivity contribution in [2.24, 2.45) is 5.73 Å². The van der Waals surface area contributed by atoms with Crippen LogP contribution in [0.3, 0.4) is 0 Å². The minimum absolute atomic E-state index is 0.145. The summed E-state index contributed by atoms with van der Waals surface area (Å²) in [7, 11) is 0. The minimum Gasteiger partial charge on any atom is -0.372 e. The highest BCUT2D eigenvalue weighted by Crippen LogP contribution is 2.29. The van der Waals surface area contributed by atoms with Crippen LogP contribution in [0.1, 0.15) is 37.3 Å². The van der Waals surface area contributed by atoms with Crippen LogP contribution in [-0.2, 0) is 11.3 Å². The molecule has 0 radical (unpaired) electrons. The lowest BCUT2D eigenvalue weighted by molar-refractivity contribution is 0.0409. The molecular formula is C15H21N3O. The fourth-order valence-corrected chi connectivity index (χ4v) is 2.27. The van der Waals surface area contributed by atoms with Gasteiger partial charge < -0.3 is 10.5 Å². The summed E-state index contributed by atoms with van der Waals surface area (Å²) < 4.78 is 7.76. The van der Waals surface area contributed by atoms with Gasteiger partial charge in [0, 0.05) is 19.3 Å². The molecule has 2 N–H and O–H groups in total. The first-order chi connectivity index (χ1) is 9.27. The third kappa shape index (κ3) is 3.03. The van der Waals surface area contributed by atoms with Crippen molar-refractivity contribution in [1.29, 1.82) is 0 Å². The molecule has 102 valence electrons. The van der Waals surface area contributed by atoms with Crippen molar-refractivity contribution >= 4 is 0 Å². The molecule has 0 aliphatic heterocycles. The fraction of sp³-hybridized carbons (Fsp3) is 0.400. The van der Waals surface area contributed by atoms with Crippen LogP contribution in [0.15, 0.2) is 42.6 Å². The second-order valence-corrected chi connectivity index (χ2v) is 4.38. The first-order valence-corrected chi connectivity index (χ1v) is 6.71.